The quantitative estimate of drug-likeness (QED) is 0.720. The van der Waals surface area contributed by atoms with Crippen molar-refractivity contribution in [3.05, 3.63) is 24.0 Å². The summed E-state index contributed by atoms with van der Waals surface area (Å²) in [6.45, 7) is 6.55. The smallest absolute Gasteiger partial charge is 0.190 e. The fourth-order valence-corrected chi connectivity index (χ4v) is 3.95. The Morgan fingerprint density at radius 1 is 1.21 bits per heavy atom. The Morgan fingerprint density at radius 3 is 2.67 bits per heavy atom. The third-order valence-electron chi connectivity index (χ3n) is 4.92. The van der Waals surface area contributed by atoms with Crippen LogP contribution in [0, 0.1) is 5.92 Å². The molecule has 6 nitrogen and oxygen atoms in total. The minimum Gasteiger partial charge on any atom is -0.334 e. The maximum atomic E-state index is 4.54. The summed E-state index contributed by atoms with van der Waals surface area (Å²) in [7, 11) is 2.07. The minimum atomic E-state index is 0.717. The summed E-state index contributed by atoms with van der Waals surface area (Å²) in [6, 6.07) is 0. The van der Waals surface area contributed by atoms with Crippen LogP contribution in [0.15, 0.2) is 17.6 Å². The lowest BCUT2D eigenvalue weighted by Crippen LogP contribution is -2.35. The van der Waals surface area contributed by atoms with Gasteiger partial charge in [-0.05, 0) is 44.5 Å². The van der Waals surface area contributed by atoms with Crippen LogP contribution in [0.5, 0.6) is 0 Å². The molecule has 2 aromatic heterocycles. The van der Waals surface area contributed by atoms with Crippen LogP contribution >= 0.6 is 11.8 Å². The molecule has 0 atom stereocenters. The number of rotatable bonds is 7. The van der Waals surface area contributed by atoms with Crippen LogP contribution in [0.25, 0.3) is 0 Å². The zero-order chi connectivity index (χ0) is 16.9. The number of aromatic nitrogens is 5. The monoisotopic (exact) mass is 348 g/mol. The number of nitrogens with zero attached hydrogens (tertiary/aromatic N) is 6. The van der Waals surface area contributed by atoms with E-state index < -0.39 is 0 Å². The number of hydrogen-bond acceptors (Lipinski definition) is 5. The van der Waals surface area contributed by atoms with E-state index in [0.717, 1.165) is 50.0 Å². The molecule has 0 bridgehead atoms. The first-order valence-corrected chi connectivity index (χ1v) is 10.1. The number of imidazole rings is 1. The molecular weight excluding hydrogens is 320 g/mol. The van der Waals surface area contributed by atoms with Crippen LogP contribution < -0.4 is 0 Å². The summed E-state index contributed by atoms with van der Waals surface area (Å²) in [6.07, 6.45) is 10.7. The average molecular weight is 349 g/mol. The van der Waals surface area contributed by atoms with Crippen molar-refractivity contribution >= 4 is 11.8 Å². The van der Waals surface area contributed by atoms with Gasteiger partial charge in [0.1, 0.15) is 11.6 Å². The predicted molar refractivity (Wildman–Crippen MR) is 97.0 cm³/mol. The number of likely N-dealkylation sites (tertiary alicyclic amines) is 1. The fraction of sp³-hybridized carbons (Fsp3) is 0.706. The summed E-state index contributed by atoms with van der Waals surface area (Å²) in [5, 5.41) is 9.61. The molecule has 0 amide bonds. The number of hydrogen-bond donors (Lipinski definition) is 0. The van der Waals surface area contributed by atoms with Crippen LogP contribution in [0.1, 0.15) is 37.8 Å². The van der Waals surface area contributed by atoms with E-state index in [1.165, 1.54) is 18.7 Å². The predicted octanol–water partition coefficient (Wildman–Crippen LogP) is 2.60. The van der Waals surface area contributed by atoms with Gasteiger partial charge in [-0.3, -0.25) is 4.90 Å². The van der Waals surface area contributed by atoms with Crippen molar-refractivity contribution < 1.29 is 0 Å². The molecule has 0 unspecified atom stereocenters. The molecule has 3 heterocycles. The molecule has 0 N–H and O–H groups in total. The molecule has 1 saturated heterocycles. The van der Waals surface area contributed by atoms with Crippen LogP contribution in [0.2, 0.25) is 0 Å². The van der Waals surface area contributed by atoms with Crippen LogP contribution in [0.4, 0.5) is 0 Å². The maximum absolute atomic E-state index is 4.54. The van der Waals surface area contributed by atoms with Gasteiger partial charge in [0.05, 0.1) is 6.54 Å². The van der Waals surface area contributed by atoms with Crippen molar-refractivity contribution in [2.45, 2.75) is 50.9 Å². The summed E-state index contributed by atoms with van der Waals surface area (Å²) in [5.74, 6) is 3.04. The topological polar surface area (TPSA) is 51.8 Å². The maximum Gasteiger partial charge on any atom is 0.190 e. The van der Waals surface area contributed by atoms with Gasteiger partial charge in [0.15, 0.2) is 5.16 Å². The van der Waals surface area contributed by atoms with Gasteiger partial charge in [0.2, 0.25) is 0 Å². The molecule has 24 heavy (non-hydrogen) atoms. The molecule has 0 spiro atoms. The van der Waals surface area contributed by atoms with Crippen LogP contribution in [-0.4, -0.2) is 48.6 Å². The molecule has 0 saturated carbocycles. The number of aryl methyl sites for hydroxylation is 1. The lowest BCUT2D eigenvalue weighted by molar-refractivity contribution is 0.170. The molecular formula is C17H28N6S. The van der Waals surface area contributed by atoms with E-state index in [2.05, 4.69) is 55.6 Å². The molecule has 0 radical (unpaired) electrons. The Labute approximate surface area is 148 Å². The van der Waals surface area contributed by atoms with E-state index in [9.17, 15) is 0 Å². The molecule has 132 valence electrons. The normalized spacial score (nSPS) is 16.8. The largest absolute Gasteiger partial charge is 0.334 e. The summed E-state index contributed by atoms with van der Waals surface area (Å²) < 4.78 is 4.42. The van der Waals surface area contributed by atoms with Gasteiger partial charge in [-0.15, -0.1) is 10.2 Å². The molecule has 0 aromatic carbocycles. The van der Waals surface area contributed by atoms with Crippen LogP contribution in [0.3, 0.4) is 0 Å². The van der Waals surface area contributed by atoms with E-state index in [4.69, 9.17) is 0 Å². The second kappa shape index (κ2) is 8.16. The first kappa shape index (κ1) is 17.5. The Kier molecular flexibility index (Phi) is 5.94. The van der Waals surface area contributed by atoms with Crippen molar-refractivity contribution in [3.8, 4) is 0 Å². The van der Waals surface area contributed by atoms with E-state index >= 15 is 0 Å². The van der Waals surface area contributed by atoms with Gasteiger partial charge in [-0.1, -0.05) is 18.7 Å². The highest BCUT2D eigenvalue weighted by Gasteiger charge is 2.22. The van der Waals surface area contributed by atoms with E-state index in [1.54, 1.807) is 11.8 Å². The van der Waals surface area contributed by atoms with E-state index in [-0.39, 0.29) is 0 Å². The Hall–Kier alpha value is -1.34. The Bertz CT molecular complexity index is 641. The molecule has 1 aliphatic rings. The summed E-state index contributed by atoms with van der Waals surface area (Å²) in [5.41, 5.74) is 0. The lowest BCUT2D eigenvalue weighted by atomic mass is 9.93. The van der Waals surface area contributed by atoms with Crippen molar-refractivity contribution in [2.75, 3.05) is 19.3 Å². The van der Waals surface area contributed by atoms with Crippen molar-refractivity contribution in [1.82, 2.24) is 29.2 Å². The third kappa shape index (κ3) is 4.00. The van der Waals surface area contributed by atoms with E-state index in [1.807, 2.05) is 6.20 Å². The van der Waals surface area contributed by atoms with Gasteiger partial charge >= 0.3 is 0 Å². The molecule has 1 fully saturated rings. The standard InChI is InChI=1S/C17H28N6S/c1-4-8-23-11-7-18-16(23)13-22-9-5-14(6-10-22)12-15-19-20-17(24-3)21(15)2/h7,11,14H,4-6,8-10,12-13H2,1-3H3. The Morgan fingerprint density at radius 2 is 2.00 bits per heavy atom. The highest BCUT2D eigenvalue weighted by molar-refractivity contribution is 7.98. The molecule has 3 rings (SSSR count). The zero-order valence-electron chi connectivity index (χ0n) is 15.0. The van der Waals surface area contributed by atoms with Gasteiger partial charge in [0, 0.05) is 32.4 Å². The lowest BCUT2D eigenvalue weighted by Gasteiger charge is -2.31. The number of thioether (sulfide) groups is 1. The van der Waals surface area contributed by atoms with Gasteiger partial charge in [-0.2, -0.15) is 0 Å². The van der Waals surface area contributed by atoms with E-state index in [0.29, 0.717) is 5.92 Å². The van der Waals surface area contributed by atoms with Gasteiger partial charge in [-0.25, -0.2) is 4.98 Å². The zero-order valence-corrected chi connectivity index (χ0v) is 15.8. The second-order valence-electron chi connectivity index (χ2n) is 6.62. The minimum absolute atomic E-state index is 0.717. The molecule has 1 aliphatic heterocycles. The number of piperidine rings is 1. The summed E-state index contributed by atoms with van der Waals surface area (Å²) in [4.78, 5) is 7.07. The molecule has 7 heteroatoms. The third-order valence-corrected chi connectivity index (χ3v) is 5.64. The fourth-order valence-electron chi connectivity index (χ4n) is 3.44. The van der Waals surface area contributed by atoms with Gasteiger partial charge < -0.3 is 9.13 Å². The first-order valence-electron chi connectivity index (χ1n) is 8.85. The SMILES string of the molecule is CCCn1ccnc1CN1CCC(Cc2nnc(SC)n2C)CC1. The second-order valence-corrected chi connectivity index (χ2v) is 7.40. The van der Waals surface area contributed by atoms with Crippen molar-refractivity contribution in [2.24, 2.45) is 13.0 Å². The van der Waals surface area contributed by atoms with Crippen molar-refractivity contribution in [3.63, 3.8) is 0 Å². The first-order chi connectivity index (χ1) is 11.7. The highest BCUT2D eigenvalue weighted by Crippen LogP contribution is 2.23. The van der Waals surface area contributed by atoms with Gasteiger partial charge in [0.25, 0.3) is 0 Å². The highest BCUT2D eigenvalue weighted by atomic mass is 32.2. The summed E-state index contributed by atoms with van der Waals surface area (Å²) >= 11 is 1.66. The molecule has 2 aromatic rings. The Balaban J connectivity index is 1.50. The average Bonchev–Trinajstić information content (AvgIpc) is 3.17. The van der Waals surface area contributed by atoms with Crippen LogP contribution in [-0.2, 0) is 26.6 Å². The molecule has 0 aliphatic carbocycles. The van der Waals surface area contributed by atoms with Crippen molar-refractivity contribution in [1.29, 1.82) is 0 Å².